The van der Waals surface area contributed by atoms with Crippen LogP contribution in [0.5, 0.6) is 0 Å². The van der Waals surface area contributed by atoms with Crippen molar-refractivity contribution in [3.8, 4) is 0 Å². The zero-order valence-electron chi connectivity index (χ0n) is 18.3. The fraction of sp³-hybridized carbons (Fsp3) is 0.240. The van der Waals surface area contributed by atoms with E-state index in [0.29, 0.717) is 22.0 Å². The Morgan fingerprint density at radius 2 is 1.70 bits per heavy atom. The lowest BCUT2D eigenvalue weighted by Gasteiger charge is -2.16. The molecule has 2 amide bonds. The number of amides is 2. The lowest BCUT2D eigenvalue weighted by atomic mass is 10.1. The van der Waals surface area contributed by atoms with Crippen LogP contribution in [0.2, 0.25) is 0 Å². The zero-order chi connectivity index (χ0) is 23.4. The van der Waals surface area contributed by atoms with E-state index in [0.717, 1.165) is 18.4 Å². The minimum Gasteiger partial charge on any atom is -0.326 e. The average Bonchev–Trinajstić information content (AvgIpc) is 3.63. The van der Waals surface area contributed by atoms with Gasteiger partial charge in [-0.3, -0.25) is 14.5 Å². The molecule has 0 radical (unpaired) electrons. The first-order valence-corrected chi connectivity index (χ1v) is 12.4. The molecule has 7 nitrogen and oxygen atoms in total. The predicted octanol–water partition coefficient (Wildman–Crippen LogP) is 3.72. The van der Waals surface area contributed by atoms with Crippen LogP contribution in [-0.4, -0.2) is 38.0 Å². The van der Waals surface area contributed by atoms with Gasteiger partial charge in [-0.2, -0.15) is 0 Å². The van der Waals surface area contributed by atoms with Gasteiger partial charge in [0.25, 0.3) is 5.91 Å². The van der Waals surface area contributed by atoms with E-state index in [-0.39, 0.29) is 29.9 Å². The van der Waals surface area contributed by atoms with E-state index in [9.17, 15) is 18.0 Å². The number of nitrogens with zero attached hydrogens (tertiary/aromatic N) is 2. The highest BCUT2D eigenvalue weighted by atomic mass is 32.2. The number of carbonyl (C=O) groups is 2. The molecule has 3 aromatic rings. The van der Waals surface area contributed by atoms with Gasteiger partial charge in [0.15, 0.2) is 9.84 Å². The van der Waals surface area contributed by atoms with Gasteiger partial charge in [0, 0.05) is 24.5 Å². The number of sulfone groups is 1. The number of carbonyl (C=O) groups excluding carboxylic acids is 2. The van der Waals surface area contributed by atoms with Crippen molar-refractivity contribution in [2.75, 3.05) is 23.0 Å². The van der Waals surface area contributed by atoms with Gasteiger partial charge in [0.2, 0.25) is 5.91 Å². The largest absolute Gasteiger partial charge is 0.326 e. The summed E-state index contributed by atoms with van der Waals surface area (Å²) in [5.74, 6) is 0.601. The molecule has 0 atom stereocenters. The molecular weight excluding hydrogens is 438 g/mol. The number of rotatable bonds is 8. The summed E-state index contributed by atoms with van der Waals surface area (Å²) < 4.78 is 24.7. The molecule has 1 fully saturated rings. The molecule has 8 heteroatoms. The van der Waals surface area contributed by atoms with Gasteiger partial charge in [-0.05, 0) is 72.9 Å². The first kappa shape index (κ1) is 22.7. The van der Waals surface area contributed by atoms with Gasteiger partial charge in [0.05, 0.1) is 17.1 Å². The van der Waals surface area contributed by atoms with E-state index >= 15 is 0 Å². The molecule has 0 aliphatic heterocycles. The third kappa shape index (κ3) is 5.84. The quantitative estimate of drug-likeness (QED) is 0.549. The van der Waals surface area contributed by atoms with Crippen molar-refractivity contribution in [1.82, 2.24) is 4.98 Å². The Hall–Kier alpha value is -3.52. The zero-order valence-corrected chi connectivity index (χ0v) is 19.1. The van der Waals surface area contributed by atoms with E-state index < -0.39 is 9.84 Å². The van der Waals surface area contributed by atoms with Crippen molar-refractivity contribution < 1.29 is 18.0 Å². The second kappa shape index (κ2) is 9.54. The maximum absolute atomic E-state index is 12.6. The Morgan fingerprint density at radius 3 is 2.30 bits per heavy atom. The van der Waals surface area contributed by atoms with Crippen molar-refractivity contribution >= 4 is 33.2 Å². The first-order chi connectivity index (χ1) is 15.8. The molecule has 1 heterocycles. The number of nitrogens with one attached hydrogen (secondary N) is 1. The van der Waals surface area contributed by atoms with Crippen molar-refractivity contribution in [2.24, 2.45) is 5.92 Å². The molecule has 2 aromatic carbocycles. The normalized spacial score (nSPS) is 13.4. The third-order valence-electron chi connectivity index (χ3n) is 5.51. The van der Waals surface area contributed by atoms with Gasteiger partial charge in [0.1, 0.15) is 5.82 Å². The molecular formula is C25H25N3O4S. The van der Waals surface area contributed by atoms with Crippen LogP contribution in [0.25, 0.3) is 0 Å². The molecule has 1 N–H and O–H groups in total. The van der Waals surface area contributed by atoms with E-state index in [1.165, 1.54) is 4.90 Å². The summed E-state index contributed by atoms with van der Waals surface area (Å²) >= 11 is 0. The Bertz CT molecular complexity index is 1240. The monoisotopic (exact) mass is 463 g/mol. The first-order valence-electron chi connectivity index (χ1n) is 10.7. The summed E-state index contributed by atoms with van der Waals surface area (Å²) in [7, 11) is -1.61. The highest BCUT2D eigenvalue weighted by Gasteiger charge is 2.29. The lowest BCUT2D eigenvalue weighted by molar-refractivity contribution is -0.115. The van der Waals surface area contributed by atoms with Crippen LogP contribution in [0.15, 0.2) is 77.8 Å². The number of benzene rings is 2. The lowest BCUT2D eigenvalue weighted by Crippen LogP contribution is -2.26. The summed E-state index contributed by atoms with van der Waals surface area (Å²) in [6, 6.07) is 18.5. The van der Waals surface area contributed by atoms with Gasteiger partial charge in [-0.15, -0.1) is 0 Å². The van der Waals surface area contributed by atoms with Gasteiger partial charge in [-0.1, -0.05) is 18.2 Å². The van der Waals surface area contributed by atoms with Crippen molar-refractivity contribution in [2.45, 2.75) is 24.2 Å². The number of pyridine rings is 1. The smallest absolute Gasteiger partial charge is 0.259 e. The Morgan fingerprint density at radius 1 is 1.00 bits per heavy atom. The number of hydrogen-bond donors (Lipinski definition) is 1. The van der Waals surface area contributed by atoms with Crippen molar-refractivity contribution in [3.05, 3.63) is 84.1 Å². The van der Waals surface area contributed by atoms with Crippen molar-refractivity contribution in [1.29, 1.82) is 0 Å². The summed E-state index contributed by atoms with van der Waals surface area (Å²) in [5.41, 5.74) is 1.77. The van der Waals surface area contributed by atoms with Crippen LogP contribution in [0.1, 0.15) is 28.8 Å². The van der Waals surface area contributed by atoms with Crippen LogP contribution in [0, 0.1) is 5.92 Å². The highest BCUT2D eigenvalue weighted by Crippen LogP contribution is 2.32. The summed E-state index contributed by atoms with van der Waals surface area (Å²) in [6.45, 7) is 0. The van der Waals surface area contributed by atoms with Gasteiger partial charge in [-0.25, -0.2) is 13.4 Å². The SMILES string of the molecule is CN(C(=O)c1ccc(NC(=O)Cc2ccc(S(=O)(=O)CC3CC3)cc2)cc1)c1ccccn1. The highest BCUT2D eigenvalue weighted by molar-refractivity contribution is 7.91. The molecule has 1 saturated carbocycles. The molecule has 33 heavy (non-hydrogen) atoms. The second-order valence-corrected chi connectivity index (χ2v) is 10.3. The summed E-state index contributed by atoms with van der Waals surface area (Å²) in [5, 5.41) is 2.80. The fourth-order valence-electron chi connectivity index (χ4n) is 3.44. The van der Waals surface area contributed by atoms with Crippen LogP contribution in [-0.2, 0) is 21.1 Å². The van der Waals surface area contributed by atoms with Crippen LogP contribution < -0.4 is 10.2 Å². The van der Waals surface area contributed by atoms with Crippen LogP contribution >= 0.6 is 0 Å². The standard InChI is InChI=1S/C25H25N3O4S/c1-28(23-4-2-3-15-26-23)25(30)20-9-11-21(12-10-20)27-24(29)16-18-7-13-22(14-8-18)33(31,32)17-19-5-6-19/h2-4,7-15,19H,5-6,16-17H2,1H3,(H,27,29). The fourth-order valence-corrected chi connectivity index (χ4v) is 5.14. The molecule has 0 unspecified atom stereocenters. The van der Waals surface area contributed by atoms with Crippen molar-refractivity contribution in [3.63, 3.8) is 0 Å². The Labute approximate surface area is 193 Å². The second-order valence-electron chi connectivity index (χ2n) is 8.22. The predicted molar refractivity (Wildman–Crippen MR) is 127 cm³/mol. The number of hydrogen-bond acceptors (Lipinski definition) is 5. The molecule has 0 spiro atoms. The number of anilines is 2. The van der Waals surface area contributed by atoms with Crippen LogP contribution in [0.3, 0.4) is 0 Å². The Kier molecular flexibility index (Phi) is 6.55. The van der Waals surface area contributed by atoms with E-state index in [1.807, 2.05) is 6.07 Å². The topological polar surface area (TPSA) is 96.4 Å². The van der Waals surface area contributed by atoms with Gasteiger partial charge >= 0.3 is 0 Å². The maximum atomic E-state index is 12.6. The maximum Gasteiger partial charge on any atom is 0.259 e. The average molecular weight is 464 g/mol. The minimum absolute atomic E-state index is 0.117. The minimum atomic E-state index is -3.26. The van der Waals surface area contributed by atoms with Gasteiger partial charge < -0.3 is 5.32 Å². The number of aromatic nitrogens is 1. The molecule has 1 aromatic heterocycles. The van der Waals surface area contributed by atoms with E-state index in [2.05, 4.69) is 10.3 Å². The molecule has 0 bridgehead atoms. The molecule has 0 saturated heterocycles. The van der Waals surface area contributed by atoms with Crippen LogP contribution in [0.4, 0.5) is 11.5 Å². The third-order valence-corrected chi connectivity index (χ3v) is 7.41. The summed E-state index contributed by atoms with van der Waals surface area (Å²) in [4.78, 5) is 31.0. The molecule has 1 aliphatic rings. The van der Waals surface area contributed by atoms with E-state index in [4.69, 9.17) is 0 Å². The Balaban J connectivity index is 1.33. The molecule has 170 valence electrons. The summed E-state index contributed by atoms with van der Waals surface area (Å²) in [6.07, 6.45) is 3.70. The molecule has 1 aliphatic carbocycles. The molecule has 4 rings (SSSR count). The van der Waals surface area contributed by atoms with E-state index in [1.54, 1.807) is 73.9 Å².